The number of carbonyl (C=O) groups excluding carboxylic acids is 1. The van der Waals surface area contributed by atoms with E-state index in [1.807, 2.05) is 24.3 Å². The summed E-state index contributed by atoms with van der Waals surface area (Å²) < 4.78 is 5.87. The van der Waals surface area contributed by atoms with Gasteiger partial charge in [0.05, 0.1) is 11.5 Å². The molecule has 1 aliphatic rings. The fourth-order valence-corrected chi connectivity index (χ4v) is 3.10. The second-order valence-electron chi connectivity index (χ2n) is 5.44. The highest BCUT2D eigenvalue weighted by molar-refractivity contribution is 8.26. The molecule has 0 bridgehead atoms. The molecule has 7 heteroatoms. The maximum atomic E-state index is 12.2. The quantitative estimate of drug-likeness (QED) is 0.628. The second-order valence-corrected chi connectivity index (χ2v) is 7.11. The van der Waals surface area contributed by atoms with Gasteiger partial charge in [0.15, 0.2) is 0 Å². The summed E-state index contributed by atoms with van der Waals surface area (Å²) in [7, 11) is 0. The Bertz CT molecular complexity index is 653. The molecule has 1 heterocycles. The van der Waals surface area contributed by atoms with E-state index >= 15 is 0 Å². The zero-order valence-corrected chi connectivity index (χ0v) is 14.4. The molecule has 0 aliphatic carbocycles. The van der Waals surface area contributed by atoms with E-state index in [1.165, 1.54) is 0 Å². The van der Waals surface area contributed by atoms with Crippen molar-refractivity contribution in [3.63, 3.8) is 0 Å². The van der Waals surface area contributed by atoms with E-state index in [9.17, 15) is 9.59 Å². The first kappa shape index (κ1) is 17.5. The Morgan fingerprint density at radius 1 is 1.39 bits per heavy atom. The number of benzene rings is 1. The summed E-state index contributed by atoms with van der Waals surface area (Å²) in [4.78, 5) is 24.4. The fraction of sp³-hybridized carbons (Fsp3) is 0.312. The van der Waals surface area contributed by atoms with Gasteiger partial charge < -0.3 is 9.84 Å². The third-order valence-corrected chi connectivity index (χ3v) is 4.31. The van der Waals surface area contributed by atoms with E-state index in [0.29, 0.717) is 17.4 Å². The number of nitrogens with zero attached hydrogens (tertiary/aromatic N) is 1. The summed E-state index contributed by atoms with van der Waals surface area (Å²) in [6.45, 7) is 4.39. The SMILES string of the molecule is CC(C)COc1ccc(C=C2SC(=S)N(CC(=O)O)C2=O)cc1. The zero-order chi connectivity index (χ0) is 17.0. The van der Waals surface area contributed by atoms with Gasteiger partial charge in [0.25, 0.3) is 5.91 Å². The van der Waals surface area contributed by atoms with Gasteiger partial charge in [-0.1, -0.05) is 50.0 Å². The summed E-state index contributed by atoms with van der Waals surface area (Å²) in [6, 6.07) is 7.37. The molecule has 1 aromatic rings. The Balaban J connectivity index is 2.08. The number of rotatable bonds is 6. The summed E-state index contributed by atoms with van der Waals surface area (Å²) in [5.74, 6) is -0.239. The van der Waals surface area contributed by atoms with E-state index in [-0.39, 0.29) is 10.2 Å². The Hall–Kier alpha value is -1.86. The number of carbonyl (C=O) groups is 2. The van der Waals surface area contributed by atoms with Crippen LogP contribution in [0.4, 0.5) is 0 Å². The van der Waals surface area contributed by atoms with Crippen LogP contribution < -0.4 is 4.74 Å². The van der Waals surface area contributed by atoms with Crippen molar-refractivity contribution in [1.29, 1.82) is 0 Å². The largest absolute Gasteiger partial charge is 0.493 e. The van der Waals surface area contributed by atoms with Gasteiger partial charge in [0.1, 0.15) is 16.6 Å². The standard InChI is InChI=1S/C16H17NO4S2/c1-10(2)9-21-12-5-3-11(4-6-12)7-13-15(20)17(8-14(18)19)16(22)23-13/h3-7,10H,8-9H2,1-2H3,(H,18,19). The van der Waals surface area contributed by atoms with E-state index in [2.05, 4.69) is 13.8 Å². The number of ether oxygens (including phenoxy) is 1. The van der Waals surface area contributed by atoms with Gasteiger partial charge in [0, 0.05) is 0 Å². The number of carboxylic acids is 1. The molecule has 0 radical (unpaired) electrons. The second kappa shape index (κ2) is 7.61. The van der Waals surface area contributed by atoms with Crippen molar-refractivity contribution in [3.05, 3.63) is 34.7 Å². The molecule has 1 fully saturated rings. The van der Waals surface area contributed by atoms with Gasteiger partial charge in [-0.3, -0.25) is 14.5 Å². The molecule has 1 N–H and O–H groups in total. The predicted molar refractivity (Wildman–Crippen MR) is 94.3 cm³/mol. The van der Waals surface area contributed by atoms with E-state index < -0.39 is 12.5 Å². The monoisotopic (exact) mass is 351 g/mol. The van der Waals surface area contributed by atoms with Crippen LogP contribution >= 0.6 is 24.0 Å². The molecule has 0 aromatic heterocycles. The highest BCUT2D eigenvalue weighted by Crippen LogP contribution is 2.32. The lowest BCUT2D eigenvalue weighted by Gasteiger charge is -2.10. The molecule has 2 rings (SSSR count). The van der Waals surface area contributed by atoms with Crippen LogP contribution in [0.2, 0.25) is 0 Å². The molecule has 0 spiro atoms. The lowest BCUT2D eigenvalue weighted by Crippen LogP contribution is -2.33. The van der Waals surface area contributed by atoms with Crippen LogP contribution in [0.3, 0.4) is 0 Å². The molecule has 0 saturated carbocycles. The van der Waals surface area contributed by atoms with Crippen molar-refractivity contribution < 1.29 is 19.4 Å². The van der Waals surface area contributed by atoms with Crippen molar-refractivity contribution >= 4 is 46.3 Å². The molecule has 5 nitrogen and oxygen atoms in total. The molecule has 1 saturated heterocycles. The lowest BCUT2D eigenvalue weighted by molar-refractivity contribution is -0.140. The summed E-state index contributed by atoms with van der Waals surface area (Å²) in [5, 5.41) is 8.81. The summed E-state index contributed by atoms with van der Waals surface area (Å²) in [5.41, 5.74) is 0.831. The first-order valence-electron chi connectivity index (χ1n) is 7.07. The molecule has 0 atom stereocenters. The normalized spacial score (nSPS) is 16.5. The minimum atomic E-state index is -1.09. The minimum Gasteiger partial charge on any atom is -0.493 e. The van der Waals surface area contributed by atoms with Crippen LogP contribution in [-0.4, -0.2) is 39.4 Å². The van der Waals surface area contributed by atoms with E-state index in [4.69, 9.17) is 22.1 Å². The average Bonchev–Trinajstić information content (AvgIpc) is 2.74. The third kappa shape index (κ3) is 4.80. The fourth-order valence-electron chi connectivity index (χ4n) is 1.85. The van der Waals surface area contributed by atoms with Crippen molar-refractivity contribution in [3.8, 4) is 5.75 Å². The number of aliphatic carboxylic acids is 1. The minimum absolute atomic E-state index is 0.264. The van der Waals surface area contributed by atoms with E-state index in [1.54, 1.807) is 6.08 Å². The van der Waals surface area contributed by atoms with Gasteiger partial charge >= 0.3 is 5.97 Å². The van der Waals surface area contributed by atoms with Gasteiger partial charge in [-0.05, 0) is 29.7 Å². The Labute approximate surface area is 144 Å². The van der Waals surface area contributed by atoms with Gasteiger partial charge in [-0.15, -0.1) is 0 Å². The molecule has 23 heavy (non-hydrogen) atoms. The first-order chi connectivity index (χ1) is 10.9. The number of amides is 1. The van der Waals surface area contributed by atoms with Gasteiger partial charge in [-0.2, -0.15) is 0 Å². The highest BCUT2D eigenvalue weighted by atomic mass is 32.2. The maximum absolute atomic E-state index is 12.2. The number of carboxylic acid groups (broad SMARTS) is 1. The summed E-state index contributed by atoms with van der Waals surface area (Å²) in [6.07, 6.45) is 1.70. The maximum Gasteiger partial charge on any atom is 0.323 e. The topological polar surface area (TPSA) is 66.8 Å². The molecular weight excluding hydrogens is 334 g/mol. The van der Waals surface area contributed by atoms with Crippen LogP contribution in [0, 0.1) is 5.92 Å². The molecule has 1 amide bonds. The molecule has 1 aliphatic heterocycles. The summed E-state index contributed by atoms with van der Waals surface area (Å²) >= 11 is 6.16. The first-order valence-corrected chi connectivity index (χ1v) is 8.29. The molecular formula is C16H17NO4S2. The van der Waals surface area contributed by atoms with Crippen molar-refractivity contribution in [2.45, 2.75) is 13.8 Å². The number of thioether (sulfide) groups is 1. The van der Waals surface area contributed by atoms with Crippen LogP contribution in [0.5, 0.6) is 5.75 Å². The Morgan fingerprint density at radius 2 is 2.04 bits per heavy atom. The zero-order valence-electron chi connectivity index (χ0n) is 12.8. The van der Waals surface area contributed by atoms with Crippen molar-refractivity contribution in [2.24, 2.45) is 5.92 Å². The van der Waals surface area contributed by atoms with Crippen LogP contribution in [-0.2, 0) is 9.59 Å². The highest BCUT2D eigenvalue weighted by Gasteiger charge is 2.33. The van der Waals surface area contributed by atoms with E-state index in [0.717, 1.165) is 28.0 Å². The molecule has 0 unspecified atom stereocenters. The number of hydrogen-bond acceptors (Lipinski definition) is 5. The van der Waals surface area contributed by atoms with Crippen LogP contribution in [0.15, 0.2) is 29.2 Å². The number of thiocarbonyl (C=S) groups is 1. The smallest absolute Gasteiger partial charge is 0.323 e. The van der Waals surface area contributed by atoms with Crippen molar-refractivity contribution in [2.75, 3.05) is 13.2 Å². The lowest BCUT2D eigenvalue weighted by atomic mass is 10.2. The third-order valence-electron chi connectivity index (χ3n) is 2.93. The predicted octanol–water partition coefficient (Wildman–Crippen LogP) is 3.01. The van der Waals surface area contributed by atoms with Gasteiger partial charge in [-0.25, -0.2) is 0 Å². The van der Waals surface area contributed by atoms with Crippen molar-refractivity contribution in [1.82, 2.24) is 4.90 Å². The molecule has 1 aromatic carbocycles. The Morgan fingerprint density at radius 3 is 2.61 bits per heavy atom. The average molecular weight is 351 g/mol. The molecule has 122 valence electrons. The Kier molecular flexibility index (Phi) is 5.79. The number of hydrogen-bond donors (Lipinski definition) is 1. The van der Waals surface area contributed by atoms with Crippen LogP contribution in [0.25, 0.3) is 6.08 Å². The van der Waals surface area contributed by atoms with Gasteiger partial charge in [0.2, 0.25) is 0 Å². The van der Waals surface area contributed by atoms with Crippen LogP contribution in [0.1, 0.15) is 19.4 Å².